The maximum absolute atomic E-state index is 11.9. The summed E-state index contributed by atoms with van der Waals surface area (Å²) in [7, 11) is 3.15. The summed E-state index contributed by atoms with van der Waals surface area (Å²) in [5.74, 6) is 0.967. The first kappa shape index (κ1) is 22.0. The molecule has 1 aliphatic heterocycles. The number of benzene rings is 1. The molecule has 0 saturated carbocycles. The molecule has 1 atom stereocenters. The van der Waals surface area contributed by atoms with E-state index in [1.807, 2.05) is 13.1 Å². The molecule has 3 aromatic rings. The van der Waals surface area contributed by atoms with Crippen LogP contribution in [0, 0.1) is 11.3 Å². The second kappa shape index (κ2) is 8.61. The smallest absolute Gasteiger partial charge is 0.329 e. The molecule has 0 aliphatic carbocycles. The van der Waals surface area contributed by atoms with Crippen LogP contribution in [0.1, 0.15) is 18.1 Å². The van der Waals surface area contributed by atoms with Crippen LogP contribution >= 0.6 is 13.5 Å². The van der Waals surface area contributed by atoms with Crippen molar-refractivity contribution in [2.45, 2.75) is 12.3 Å². The van der Waals surface area contributed by atoms with Gasteiger partial charge in [-0.3, -0.25) is 4.68 Å². The van der Waals surface area contributed by atoms with Crippen molar-refractivity contribution in [2.24, 2.45) is 7.05 Å². The number of anilines is 3. The molecule has 4 rings (SSSR count). The fourth-order valence-electron chi connectivity index (χ4n) is 3.61. The molecule has 31 heavy (non-hydrogen) atoms. The number of aryl methyl sites for hydroxylation is 1. The summed E-state index contributed by atoms with van der Waals surface area (Å²) in [6.45, 7) is 2.08. The number of hydrogen-bond acceptors (Lipinski definition) is 8. The van der Waals surface area contributed by atoms with Crippen molar-refractivity contribution >= 4 is 50.8 Å². The minimum Gasteiger partial charge on any atom is -0.410 e. The Hall–Kier alpha value is -3.65. The van der Waals surface area contributed by atoms with E-state index in [-0.39, 0.29) is 13.5 Å². The molecule has 155 valence electrons. The molecule has 1 N–H and O–H groups in total. The van der Waals surface area contributed by atoms with Gasteiger partial charge >= 0.3 is 7.41 Å². The molecule has 0 fully saturated rings. The van der Waals surface area contributed by atoms with Gasteiger partial charge < -0.3 is 19.7 Å². The maximum Gasteiger partial charge on any atom is 0.329 e. The van der Waals surface area contributed by atoms with Crippen molar-refractivity contribution in [3.8, 4) is 17.3 Å². The lowest BCUT2D eigenvalue weighted by Crippen LogP contribution is -2.35. The van der Waals surface area contributed by atoms with E-state index in [1.165, 1.54) is 7.41 Å². The maximum atomic E-state index is 11.9. The predicted molar refractivity (Wildman–Crippen MR) is 122 cm³/mol. The Bertz CT molecular complexity index is 1190. The van der Waals surface area contributed by atoms with Crippen LogP contribution in [-0.4, -0.2) is 46.2 Å². The average Bonchev–Trinajstić information content (AvgIpc) is 3.29. The summed E-state index contributed by atoms with van der Waals surface area (Å²) in [5, 5.41) is 17.0. The summed E-state index contributed by atoms with van der Waals surface area (Å²) in [6, 6.07) is 9.25. The van der Waals surface area contributed by atoms with Crippen molar-refractivity contribution in [2.75, 3.05) is 16.7 Å². The average molecular weight is 432 g/mol. The van der Waals surface area contributed by atoms with Gasteiger partial charge in [0.15, 0.2) is 5.82 Å². The molecule has 3 heterocycles. The van der Waals surface area contributed by atoms with Gasteiger partial charge in [-0.05, 0) is 30.7 Å². The Balaban J connectivity index is 0.00000272. The fourth-order valence-corrected chi connectivity index (χ4v) is 3.61. The molecule has 9 nitrogen and oxygen atoms in total. The summed E-state index contributed by atoms with van der Waals surface area (Å²) < 4.78 is 1.66. The molecule has 0 spiro atoms. The van der Waals surface area contributed by atoms with Gasteiger partial charge in [0.05, 0.1) is 16.7 Å². The quantitative estimate of drug-likeness (QED) is 0.462. The third kappa shape index (κ3) is 4.02. The largest absolute Gasteiger partial charge is 0.410 e. The van der Waals surface area contributed by atoms with E-state index in [1.54, 1.807) is 47.0 Å². The summed E-state index contributed by atoms with van der Waals surface area (Å²) in [6.07, 6.45) is 4.91. The van der Waals surface area contributed by atoms with Crippen LogP contribution in [0.3, 0.4) is 0 Å². The molecule has 0 bridgehead atoms. The Kier molecular flexibility index (Phi) is 6.13. The highest BCUT2D eigenvalue weighted by Gasteiger charge is 2.40. The number of rotatable bonds is 6. The van der Waals surface area contributed by atoms with Crippen molar-refractivity contribution in [1.82, 2.24) is 19.7 Å². The molecule has 1 aromatic carbocycles. The summed E-state index contributed by atoms with van der Waals surface area (Å²) in [5.41, 5.74) is 2.04. The lowest BCUT2D eigenvalue weighted by atomic mass is 9.84. The number of nitriles is 1. The Morgan fingerprint density at radius 1 is 1.32 bits per heavy atom. The van der Waals surface area contributed by atoms with Gasteiger partial charge in [-0.25, -0.2) is 9.97 Å². The zero-order valence-electron chi connectivity index (χ0n) is 16.9. The molecule has 0 amide bonds. The molecule has 1 aliphatic rings. The summed E-state index contributed by atoms with van der Waals surface area (Å²) in [4.78, 5) is 33.3. The van der Waals surface area contributed by atoms with Crippen molar-refractivity contribution in [3.63, 3.8) is 0 Å². The molecule has 0 unspecified atom stereocenters. The van der Waals surface area contributed by atoms with E-state index >= 15 is 0 Å². The van der Waals surface area contributed by atoms with Gasteiger partial charge in [-0.15, -0.1) is 0 Å². The first-order valence-electron chi connectivity index (χ1n) is 9.18. The standard InChI is InChI=1S/C20H17BN7O2.H2S/c1-20(11-29)10-28(21-12-30)18-14(9-22)7-13(8-15(18)20)16-3-5-23-19(24-16)25-17-4-6-27(2)26-17;/h3-8,11-12H,10H2,1-2H3,(H,23,24,25,26);1H2/t20-;/m0./s1. The lowest BCUT2D eigenvalue weighted by molar-refractivity contribution is -0.111. The predicted octanol–water partition coefficient (Wildman–Crippen LogP) is 1.69. The zero-order valence-corrected chi connectivity index (χ0v) is 17.9. The van der Waals surface area contributed by atoms with Crippen LogP contribution in [-0.2, 0) is 22.1 Å². The number of carbonyl (C=O) groups is 2. The second-order valence-electron chi connectivity index (χ2n) is 7.25. The third-order valence-electron chi connectivity index (χ3n) is 5.04. The molecular formula is C20H19BN7O2S. The highest BCUT2D eigenvalue weighted by Crippen LogP contribution is 2.43. The van der Waals surface area contributed by atoms with Gasteiger partial charge in [-0.2, -0.15) is 23.9 Å². The first-order chi connectivity index (χ1) is 14.5. The molecule has 0 saturated heterocycles. The van der Waals surface area contributed by atoms with Gasteiger partial charge in [0.25, 0.3) is 0 Å². The minimum absolute atomic E-state index is 0. The van der Waals surface area contributed by atoms with E-state index in [2.05, 4.69) is 26.5 Å². The number of aromatic nitrogens is 4. The monoisotopic (exact) mass is 432 g/mol. The van der Waals surface area contributed by atoms with Gasteiger partial charge in [0.1, 0.15) is 18.5 Å². The number of fused-ring (bicyclic) bond motifs is 1. The van der Waals surface area contributed by atoms with Crippen LogP contribution in [0.2, 0.25) is 0 Å². The third-order valence-corrected chi connectivity index (χ3v) is 5.04. The highest BCUT2D eigenvalue weighted by atomic mass is 32.1. The van der Waals surface area contributed by atoms with E-state index in [4.69, 9.17) is 0 Å². The lowest BCUT2D eigenvalue weighted by Gasteiger charge is -2.18. The van der Waals surface area contributed by atoms with Crippen molar-refractivity contribution < 1.29 is 9.59 Å². The van der Waals surface area contributed by atoms with Crippen molar-refractivity contribution in [1.29, 1.82) is 5.26 Å². The fraction of sp³-hybridized carbons (Fsp3) is 0.200. The van der Waals surface area contributed by atoms with Crippen LogP contribution < -0.4 is 10.1 Å². The summed E-state index contributed by atoms with van der Waals surface area (Å²) >= 11 is 0. The minimum atomic E-state index is -0.849. The van der Waals surface area contributed by atoms with E-state index in [9.17, 15) is 14.9 Å². The molecule has 2 aromatic heterocycles. The molecular weight excluding hydrogens is 413 g/mol. The number of hydrogen-bond donors (Lipinski definition) is 1. The van der Waals surface area contributed by atoms with Crippen LogP contribution in [0.4, 0.5) is 17.5 Å². The van der Waals surface area contributed by atoms with Gasteiger partial charge in [0, 0.05) is 43.3 Å². The zero-order chi connectivity index (χ0) is 21.3. The van der Waals surface area contributed by atoms with Gasteiger partial charge in [-0.1, -0.05) is 0 Å². The Morgan fingerprint density at radius 2 is 2.13 bits per heavy atom. The Morgan fingerprint density at radius 3 is 2.77 bits per heavy atom. The molecule has 11 heteroatoms. The van der Waals surface area contributed by atoms with Crippen LogP contribution in [0.15, 0.2) is 36.7 Å². The molecule has 1 radical (unpaired) electrons. The first-order valence-corrected chi connectivity index (χ1v) is 9.18. The Labute approximate surface area is 186 Å². The van der Waals surface area contributed by atoms with E-state index < -0.39 is 5.41 Å². The second-order valence-corrected chi connectivity index (χ2v) is 7.25. The van der Waals surface area contributed by atoms with Gasteiger partial charge in [0.2, 0.25) is 5.95 Å². The van der Waals surface area contributed by atoms with Crippen molar-refractivity contribution in [3.05, 3.63) is 47.8 Å². The highest BCUT2D eigenvalue weighted by molar-refractivity contribution is 7.59. The van der Waals surface area contributed by atoms with Crippen LogP contribution in [0.25, 0.3) is 11.3 Å². The van der Waals surface area contributed by atoms with E-state index in [0.717, 1.165) is 6.29 Å². The normalized spacial score (nSPS) is 16.6. The number of aldehydes is 1. The number of nitrogens with zero attached hydrogens (tertiary/aromatic N) is 6. The number of nitrogens with one attached hydrogen (secondary N) is 1. The van der Waals surface area contributed by atoms with Crippen LogP contribution in [0.5, 0.6) is 0 Å². The SMILES string of the molecule is Cn1ccc(Nc2nccc(-c3cc(C#N)c4c(c3)[C@](C)(C=O)CN4[B]C=O)n2)n1.S. The van der Waals surface area contributed by atoms with E-state index in [0.29, 0.717) is 52.6 Å². The topological polar surface area (TPSA) is 117 Å². The number of carbonyl (C=O) groups excluding carboxylic acids is 2.